The van der Waals surface area contributed by atoms with Gasteiger partial charge in [0.15, 0.2) is 0 Å². The second-order valence-corrected chi connectivity index (χ2v) is 5.44. The van der Waals surface area contributed by atoms with Crippen LogP contribution >= 0.6 is 11.3 Å². The minimum absolute atomic E-state index is 0.0917. The van der Waals surface area contributed by atoms with Gasteiger partial charge in [-0.15, -0.1) is 11.3 Å². The molecule has 2 N–H and O–H groups in total. The van der Waals surface area contributed by atoms with Crippen LogP contribution in [-0.2, 0) is 16.1 Å². The van der Waals surface area contributed by atoms with E-state index in [1.165, 1.54) is 0 Å². The maximum absolute atomic E-state index is 11.5. The van der Waals surface area contributed by atoms with Crippen LogP contribution < -0.4 is 10.6 Å². The largest absolute Gasteiger partial charge is 0.363 e. The van der Waals surface area contributed by atoms with Crippen molar-refractivity contribution in [1.82, 2.24) is 15.6 Å². The Balaban J connectivity index is 1.67. The molecule has 94 valence electrons. The highest BCUT2D eigenvalue weighted by molar-refractivity contribution is 7.09. The number of carbonyl (C=O) groups excluding carboxylic acids is 1. The summed E-state index contributed by atoms with van der Waals surface area (Å²) in [6.45, 7) is 6.16. The number of hydrogen-bond acceptors (Lipinski definition) is 5. The van der Waals surface area contributed by atoms with Gasteiger partial charge in [-0.1, -0.05) is 0 Å². The first-order valence-corrected chi connectivity index (χ1v) is 6.48. The van der Waals surface area contributed by atoms with E-state index >= 15 is 0 Å². The van der Waals surface area contributed by atoms with Gasteiger partial charge in [-0.25, -0.2) is 4.98 Å². The van der Waals surface area contributed by atoms with Gasteiger partial charge in [0.2, 0.25) is 5.91 Å². The van der Waals surface area contributed by atoms with Gasteiger partial charge in [-0.3, -0.25) is 4.79 Å². The van der Waals surface area contributed by atoms with E-state index in [4.69, 9.17) is 4.74 Å². The lowest BCUT2D eigenvalue weighted by Crippen LogP contribution is -2.59. The Bertz CT molecular complexity index is 401. The van der Waals surface area contributed by atoms with E-state index in [2.05, 4.69) is 15.6 Å². The Labute approximate surface area is 105 Å². The van der Waals surface area contributed by atoms with Crippen LogP contribution in [0, 0.1) is 6.92 Å². The number of thiazole rings is 1. The van der Waals surface area contributed by atoms with Gasteiger partial charge in [0, 0.05) is 24.2 Å². The van der Waals surface area contributed by atoms with Gasteiger partial charge in [0.05, 0.1) is 12.1 Å². The van der Waals surface area contributed by atoms with Crippen molar-refractivity contribution in [3.8, 4) is 0 Å². The summed E-state index contributed by atoms with van der Waals surface area (Å²) in [7, 11) is 0. The molecule has 2 heterocycles. The molecule has 0 radical (unpaired) electrons. The van der Waals surface area contributed by atoms with Crippen molar-refractivity contribution in [2.24, 2.45) is 0 Å². The van der Waals surface area contributed by atoms with Crippen molar-refractivity contribution < 1.29 is 9.53 Å². The fraction of sp³-hybridized carbons (Fsp3) is 0.636. The number of amides is 1. The van der Waals surface area contributed by atoms with Gasteiger partial charge in [-0.2, -0.15) is 0 Å². The molecule has 0 saturated carbocycles. The molecule has 1 aliphatic heterocycles. The predicted molar refractivity (Wildman–Crippen MR) is 65.9 cm³/mol. The first-order valence-electron chi connectivity index (χ1n) is 5.60. The number of ether oxygens (including phenoxy) is 1. The van der Waals surface area contributed by atoms with E-state index in [0.29, 0.717) is 6.54 Å². The normalized spacial score (nSPS) is 17.5. The van der Waals surface area contributed by atoms with Gasteiger partial charge in [-0.05, 0) is 13.8 Å². The van der Waals surface area contributed by atoms with Crippen molar-refractivity contribution in [2.75, 3.05) is 19.7 Å². The molecule has 0 aliphatic carbocycles. The molecular weight excluding hydrogens is 238 g/mol. The summed E-state index contributed by atoms with van der Waals surface area (Å²) >= 11 is 1.55. The SMILES string of the molecule is Cc1csc(CNC(=O)COC2(C)CNC2)n1. The van der Waals surface area contributed by atoms with Crippen molar-refractivity contribution >= 4 is 17.2 Å². The van der Waals surface area contributed by atoms with Crippen LogP contribution in [0.4, 0.5) is 0 Å². The monoisotopic (exact) mass is 255 g/mol. The van der Waals surface area contributed by atoms with Crippen LogP contribution in [0.15, 0.2) is 5.38 Å². The highest BCUT2D eigenvalue weighted by Crippen LogP contribution is 2.14. The van der Waals surface area contributed by atoms with Crippen LogP contribution in [0.2, 0.25) is 0 Å². The summed E-state index contributed by atoms with van der Waals surface area (Å²) in [6, 6.07) is 0. The van der Waals surface area contributed by atoms with Gasteiger partial charge in [0.25, 0.3) is 0 Å². The molecule has 1 saturated heterocycles. The number of nitrogens with one attached hydrogen (secondary N) is 2. The summed E-state index contributed by atoms with van der Waals surface area (Å²) < 4.78 is 5.53. The summed E-state index contributed by atoms with van der Waals surface area (Å²) in [5.41, 5.74) is 0.818. The van der Waals surface area contributed by atoms with Crippen LogP contribution in [0.25, 0.3) is 0 Å². The lowest BCUT2D eigenvalue weighted by Gasteiger charge is -2.38. The number of rotatable bonds is 5. The summed E-state index contributed by atoms with van der Waals surface area (Å²) in [5.74, 6) is -0.0917. The maximum atomic E-state index is 11.5. The molecule has 1 aromatic heterocycles. The smallest absolute Gasteiger partial charge is 0.246 e. The fourth-order valence-corrected chi connectivity index (χ4v) is 2.24. The molecule has 0 atom stereocenters. The number of aromatic nitrogens is 1. The first-order chi connectivity index (χ1) is 8.07. The van der Waals surface area contributed by atoms with E-state index in [1.807, 2.05) is 19.2 Å². The minimum Gasteiger partial charge on any atom is -0.363 e. The highest BCUT2D eigenvalue weighted by atomic mass is 32.1. The average Bonchev–Trinajstić information content (AvgIpc) is 2.67. The second kappa shape index (κ2) is 5.12. The summed E-state index contributed by atoms with van der Waals surface area (Å²) in [6.07, 6.45) is 0. The first kappa shape index (κ1) is 12.5. The zero-order valence-electron chi connectivity index (χ0n) is 10.1. The molecule has 17 heavy (non-hydrogen) atoms. The lowest BCUT2D eigenvalue weighted by molar-refractivity contribution is -0.136. The zero-order valence-corrected chi connectivity index (χ0v) is 10.9. The molecular formula is C11H17N3O2S. The second-order valence-electron chi connectivity index (χ2n) is 4.50. The number of aryl methyl sites for hydroxylation is 1. The van der Waals surface area contributed by atoms with Crippen LogP contribution in [0.3, 0.4) is 0 Å². The average molecular weight is 255 g/mol. The van der Waals surface area contributed by atoms with Crippen molar-refractivity contribution in [1.29, 1.82) is 0 Å². The van der Waals surface area contributed by atoms with E-state index in [1.54, 1.807) is 11.3 Å². The highest BCUT2D eigenvalue weighted by Gasteiger charge is 2.32. The number of hydrogen-bond donors (Lipinski definition) is 2. The third-order valence-corrected chi connectivity index (χ3v) is 3.62. The molecule has 0 unspecified atom stereocenters. The van der Waals surface area contributed by atoms with Gasteiger partial charge >= 0.3 is 0 Å². The lowest BCUT2D eigenvalue weighted by atomic mass is 10.0. The van der Waals surface area contributed by atoms with Crippen molar-refractivity contribution in [2.45, 2.75) is 26.0 Å². The topological polar surface area (TPSA) is 63.2 Å². The molecule has 1 aromatic rings. The molecule has 2 rings (SSSR count). The molecule has 0 bridgehead atoms. The molecule has 0 spiro atoms. The van der Waals surface area contributed by atoms with Crippen molar-refractivity contribution in [3.63, 3.8) is 0 Å². The summed E-state index contributed by atoms with van der Waals surface area (Å²) in [5, 5.41) is 8.81. The van der Waals surface area contributed by atoms with Crippen LogP contribution in [0.1, 0.15) is 17.6 Å². The molecule has 5 nitrogen and oxygen atoms in total. The molecule has 0 aromatic carbocycles. The standard InChI is InChI=1S/C11H17N3O2S/c1-8-5-17-10(14-8)3-13-9(15)4-16-11(2)6-12-7-11/h5,12H,3-4,6-7H2,1-2H3,(H,13,15). The van der Waals surface area contributed by atoms with E-state index < -0.39 is 0 Å². The van der Waals surface area contributed by atoms with Crippen molar-refractivity contribution in [3.05, 3.63) is 16.1 Å². The van der Waals surface area contributed by atoms with E-state index in [0.717, 1.165) is 23.8 Å². The van der Waals surface area contributed by atoms with Crippen LogP contribution in [-0.4, -0.2) is 36.2 Å². The Kier molecular flexibility index (Phi) is 3.76. The molecule has 1 aliphatic rings. The molecule has 1 fully saturated rings. The van der Waals surface area contributed by atoms with Gasteiger partial charge in [0.1, 0.15) is 11.6 Å². The molecule has 1 amide bonds. The minimum atomic E-state index is -0.172. The zero-order chi connectivity index (χ0) is 12.3. The third kappa shape index (κ3) is 3.49. The quantitative estimate of drug-likeness (QED) is 0.801. The Morgan fingerprint density at radius 3 is 3.00 bits per heavy atom. The maximum Gasteiger partial charge on any atom is 0.246 e. The Morgan fingerprint density at radius 1 is 1.71 bits per heavy atom. The third-order valence-electron chi connectivity index (χ3n) is 2.65. The number of nitrogens with zero attached hydrogens (tertiary/aromatic N) is 1. The van der Waals surface area contributed by atoms with Gasteiger partial charge < -0.3 is 15.4 Å². The van der Waals surface area contributed by atoms with E-state index in [-0.39, 0.29) is 18.1 Å². The van der Waals surface area contributed by atoms with E-state index in [9.17, 15) is 4.79 Å². The Hall–Kier alpha value is -0.980. The van der Waals surface area contributed by atoms with Crippen LogP contribution in [0.5, 0.6) is 0 Å². The Morgan fingerprint density at radius 2 is 2.47 bits per heavy atom. The fourth-order valence-electron chi connectivity index (χ4n) is 1.53. The summed E-state index contributed by atoms with van der Waals surface area (Å²) in [4.78, 5) is 15.8. The molecule has 6 heteroatoms. The number of carbonyl (C=O) groups is 1. The predicted octanol–water partition coefficient (Wildman–Crippen LogP) is 0.446.